The summed E-state index contributed by atoms with van der Waals surface area (Å²) in [5, 5.41) is 0.689. The smallest absolute Gasteiger partial charge is 0.147 e. The summed E-state index contributed by atoms with van der Waals surface area (Å²) in [4.78, 5) is 0. The Hall–Kier alpha value is 1.12. The van der Waals surface area contributed by atoms with Crippen molar-refractivity contribution >= 4 is 36.6 Å². The van der Waals surface area contributed by atoms with Crippen molar-refractivity contribution in [1.29, 1.82) is 0 Å². The van der Waals surface area contributed by atoms with E-state index in [-0.39, 0.29) is 24.8 Å². The number of hydrogen-bond donors (Lipinski definition) is 0. The molecule has 93 valence electrons. The molecule has 0 nitrogen and oxygen atoms in total. The van der Waals surface area contributed by atoms with Crippen LogP contribution in [0.2, 0.25) is 0 Å². The molecule has 1 aliphatic carbocycles. The Morgan fingerprint density at radius 2 is 1.94 bits per heavy atom. The predicted octanol–water partition coefficient (Wildman–Crippen LogP) is 4.90. The fraction of sp³-hybridized carbons (Fsp3) is 0.667. The van der Waals surface area contributed by atoms with Gasteiger partial charge < -0.3 is 0 Å². The van der Waals surface area contributed by atoms with Gasteiger partial charge in [0.05, 0.1) is 0 Å². The van der Waals surface area contributed by atoms with E-state index in [0.29, 0.717) is 10.00 Å². The quantitative estimate of drug-likeness (QED) is 0.667. The Balaban J connectivity index is 0. The second kappa shape index (κ2) is 8.27. The van der Waals surface area contributed by atoms with E-state index < -0.39 is 0 Å². The summed E-state index contributed by atoms with van der Waals surface area (Å²) in [6.45, 7) is 9.19. The summed E-state index contributed by atoms with van der Waals surface area (Å²) in [6, 6.07) is 0. The maximum absolute atomic E-state index is 2.32. The van der Waals surface area contributed by atoms with Gasteiger partial charge in [-0.05, 0) is 0 Å². The van der Waals surface area contributed by atoms with Gasteiger partial charge in [0.25, 0.3) is 0 Å². The van der Waals surface area contributed by atoms with Gasteiger partial charge in [0.2, 0.25) is 0 Å². The van der Waals surface area contributed by atoms with Gasteiger partial charge in [-0.1, -0.05) is 0 Å². The molecule has 0 heterocycles. The van der Waals surface area contributed by atoms with Crippen molar-refractivity contribution in [3.05, 3.63) is 21.6 Å². The zero-order valence-electron chi connectivity index (χ0n) is 10.4. The van der Waals surface area contributed by atoms with E-state index in [9.17, 15) is 0 Å². The zero-order chi connectivity index (χ0) is 10.8. The number of hydrogen-bond acceptors (Lipinski definition) is 1. The average molecular weight is 316 g/mol. The molecule has 1 atom stereocenters. The Morgan fingerprint density at radius 1 is 1.38 bits per heavy atom. The Bertz CT molecular complexity index is 267. The number of allylic oxidation sites excluding steroid dienone is 3. The molecular weight excluding hydrogens is 295 g/mol. The van der Waals surface area contributed by atoms with E-state index in [2.05, 4.69) is 72.0 Å². The molecule has 0 amide bonds. The van der Waals surface area contributed by atoms with Crippen molar-refractivity contribution < 1.29 is 20.4 Å². The molecule has 0 aromatic rings. The van der Waals surface area contributed by atoms with Crippen molar-refractivity contribution in [1.82, 2.24) is 0 Å². The van der Waals surface area contributed by atoms with Crippen LogP contribution in [-0.4, -0.2) is 10.00 Å². The van der Waals surface area contributed by atoms with Crippen molar-refractivity contribution in [2.24, 2.45) is 0 Å². The van der Waals surface area contributed by atoms with Gasteiger partial charge in [-0.3, -0.25) is 0 Å². The Labute approximate surface area is 128 Å². The van der Waals surface area contributed by atoms with Crippen LogP contribution in [0.5, 0.6) is 0 Å². The first-order valence-corrected chi connectivity index (χ1v) is 6.89. The number of rotatable bonds is 3. The third kappa shape index (κ3) is 6.16. The van der Waals surface area contributed by atoms with Crippen LogP contribution in [0.25, 0.3) is 0 Å². The summed E-state index contributed by atoms with van der Waals surface area (Å²) in [6.07, 6.45) is 7.01. The predicted molar refractivity (Wildman–Crippen MR) is 76.7 cm³/mol. The van der Waals surface area contributed by atoms with E-state index >= 15 is 0 Å². The van der Waals surface area contributed by atoms with Crippen LogP contribution in [0.15, 0.2) is 21.6 Å². The first-order valence-electron chi connectivity index (χ1n) is 5.23. The fourth-order valence-electron chi connectivity index (χ4n) is 1.62. The van der Waals surface area contributed by atoms with Crippen LogP contribution in [0.4, 0.5) is 0 Å². The number of halogens is 2. The maximum Gasteiger partial charge on any atom is -0.147 e. The zero-order valence-corrected chi connectivity index (χ0v) is 14.4. The van der Waals surface area contributed by atoms with E-state index in [1.54, 1.807) is 9.45 Å². The minimum Gasteiger partial charge on any atom is -0.147 e. The van der Waals surface area contributed by atoms with Gasteiger partial charge in [0.15, 0.2) is 0 Å². The van der Waals surface area contributed by atoms with Crippen LogP contribution in [0, 0.1) is 0 Å². The first-order chi connectivity index (χ1) is 6.44. The maximum atomic E-state index is 2.32. The minimum absolute atomic E-state index is 0. The molecule has 0 saturated carbocycles. The molecule has 0 spiro atoms. The molecule has 0 fully saturated rings. The minimum atomic E-state index is 0. The summed E-state index contributed by atoms with van der Waals surface area (Å²) in [7, 11) is 0. The Kier molecular flexibility index (Phi) is 10.1. The van der Waals surface area contributed by atoms with Crippen LogP contribution in [0.3, 0.4) is 0 Å². The second-order valence-corrected chi connectivity index (χ2v) is 7.64. The normalized spacial score (nSPS) is 16.7. The monoisotopic (exact) mass is 315 g/mol. The van der Waals surface area contributed by atoms with E-state index in [1.807, 2.05) is 0 Å². The third-order valence-corrected chi connectivity index (χ3v) is 4.53. The SMILES string of the molecule is CCC(SC(C)(C)C)C1=[C]([Ti])CC=C1.Cl.Cl. The summed E-state index contributed by atoms with van der Waals surface area (Å²) in [5.74, 6) is 0. The molecule has 0 bridgehead atoms. The molecule has 1 rings (SSSR count). The molecule has 4 heteroatoms. The van der Waals surface area contributed by atoms with Gasteiger partial charge in [0, 0.05) is 0 Å². The molecule has 0 N–H and O–H groups in total. The summed E-state index contributed by atoms with van der Waals surface area (Å²) >= 11 is 4.36. The molecule has 1 unspecified atom stereocenters. The Morgan fingerprint density at radius 3 is 2.25 bits per heavy atom. The summed E-state index contributed by atoms with van der Waals surface area (Å²) in [5.41, 5.74) is 1.58. The van der Waals surface area contributed by atoms with Crippen LogP contribution < -0.4 is 0 Å². The third-order valence-electron chi connectivity index (χ3n) is 2.18. The fourth-order valence-corrected chi connectivity index (χ4v) is 3.73. The van der Waals surface area contributed by atoms with Crippen molar-refractivity contribution in [3.63, 3.8) is 0 Å². The second-order valence-electron chi connectivity index (χ2n) is 4.67. The van der Waals surface area contributed by atoms with Gasteiger partial charge in [-0.2, -0.15) is 0 Å². The summed E-state index contributed by atoms with van der Waals surface area (Å²) < 4.78 is 1.93. The first kappa shape index (κ1) is 19.5. The van der Waals surface area contributed by atoms with Gasteiger partial charge in [-0.25, -0.2) is 0 Å². The molecular formula is C12H21Cl2STi. The topological polar surface area (TPSA) is 0 Å². The van der Waals surface area contributed by atoms with Gasteiger partial charge >= 0.3 is 104 Å². The molecule has 16 heavy (non-hydrogen) atoms. The standard InChI is InChI=1S/C12H19S.2ClH.Ti/c1-5-11(13-12(2,3)4)10-8-6-7-9-10;;;/h6,8,11H,5,7H2,1-4H3;2*1H;. The number of thioether (sulfide) groups is 1. The molecule has 0 saturated heterocycles. The van der Waals surface area contributed by atoms with Crippen LogP contribution >= 0.6 is 36.6 Å². The molecule has 0 aromatic heterocycles. The van der Waals surface area contributed by atoms with E-state index in [4.69, 9.17) is 0 Å². The molecule has 0 aliphatic heterocycles. The van der Waals surface area contributed by atoms with Crippen LogP contribution in [-0.2, 0) is 20.4 Å². The molecule has 0 radical (unpaired) electrons. The largest absolute Gasteiger partial charge is 0.147 e. The van der Waals surface area contributed by atoms with Gasteiger partial charge in [-0.15, -0.1) is 24.8 Å². The van der Waals surface area contributed by atoms with Crippen LogP contribution in [0.1, 0.15) is 40.5 Å². The molecule has 1 aliphatic rings. The van der Waals surface area contributed by atoms with E-state index in [0.717, 1.165) is 6.42 Å². The van der Waals surface area contributed by atoms with Crippen molar-refractivity contribution in [2.45, 2.75) is 50.5 Å². The van der Waals surface area contributed by atoms with E-state index in [1.165, 1.54) is 6.42 Å². The average Bonchev–Trinajstić information content (AvgIpc) is 2.45. The molecule has 0 aromatic carbocycles. The van der Waals surface area contributed by atoms with Crippen molar-refractivity contribution in [3.8, 4) is 0 Å². The van der Waals surface area contributed by atoms with Crippen molar-refractivity contribution in [2.75, 3.05) is 0 Å². The van der Waals surface area contributed by atoms with Gasteiger partial charge in [0.1, 0.15) is 0 Å².